The molecule has 0 radical (unpaired) electrons. The molecule has 1 aliphatic rings. The van der Waals surface area contributed by atoms with E-state index < -0.39 is 5.41 Å². The molecule has 2 N–H and O–H groups in total. The van der Waals surface area contributed by atoms with Crippen molar-refractivity contribution in [3.63, 3.8) is 0 Å². The van der Waals surface area contributed by atoms with E-state index in [1.807, 2.05) is 6.92 Å². The lowest BCUT2D eigenvalue weighted by Gasteiger charge is -2.37. The number of hydrogen-bond acceptors (Lipinski definition) is 3. The van der Waals surface area contributed by atoms with Crippen LogP contribution in [0.25, 0.3) is 11.1 Å². The van der Waals surface area contributed by atoms with Gasteiger partial charge in [0, 0.05) is 13.2 Å². The smallest absolute Gasteiger partial charge is 0.227 e. The van der Waals surface area contributed by atoms with Gasteiger partial charge in [0.15, 0.2) is 0 Å². The summed E-state index contributed by atoms with van der Waals surface area (Å²) in [6.45, 7) is 7.38. The quantitative estimate of drug-likeness (QED) is 0.739. The van der Waals surface area contributed by atoms with Gasteiger partial charge in [0.1, 0.15) is 0 Å². The summed E-state index contributed by atoms with van der Waals surface area (Å²) in [5.41, 5.74) is 5.59. The Morgan fingerprint density at radius 3 is 2.52 bits per heavy atom. The summed E-state index contributed by atoms with van der Waals surface area (Å²) in [4.78, 5) is 13.3. The number of carbonyl (C=O) groups is 1. The molecule has 0 bridgehead atoms. The lowest BCUT2D eigenvalue weighted by molar-refractivity contribution is -0.137. The summed E-state index contributed by atoms with van der Waals surface area (Å²) >= 11 is 0. The highest BCUT2D eigenvalue weighted by molar-refractivity contribution is 5.84. The molecule has 1 saturated heterocycles. The maximum Gasteiger partial charge on any atom is 0.227 e. The van der Waals surface area contributed by atoms with Crippen molar-refractivity contribution in [1.82, 2.24) is 5.32 Å². The fraction of sp³-hybridized carbons (Fsp3) is 0.480. The number of rotatable bonds is 7. The zero-order valence-corrected chi connectivity index (χ0v) is 17.8. The van der Waals surface area contributed by atoms with E-state index in [1.165, 1.54) is 27.8 Å². The van der Waals surface area contributed by atoms with Crippen molar-refractivity contribution in [2.24, 2.45) is 5.41 Å². The molecule has 0 spiro atoms. The minimum Gasteiger partial charge on any atom is -0.394 e. The van der Waals surface area contributed by atoms with Gasteiger partial charge < -0.3 is 15.2 Å². The first kappa shape index (κ1) is 21.5. The van der Waals surface area contributed by atoms with Crippen LogP contribution in [-0.2, 0) is 16.0 Å². The SMILES string of the molecule is CCC(CO)NC(=O)C1(Cc2ccccc2-c2ccc(C)cc2C)CCOCC1. The Morgan fingerprint density at radius 2 is 1.86 bits per heavy atom. The maximum atomic E-state index is 13.3. The molecule has 29 heavy (non-hydrogen) atoms. The van der Waals surface area contributed by atoms with Crippen LogP contribution in [0.5, 0.6) is 0 Å². The van der Waals surface area contributed by atoms with E-state index in [0.29, 0.717) is 38.9 Å². The van der Waals surface area contributed by atoms with E-state index >= 15 is 0 Å². The fourth-order valence-corrected chi connectivity index (χ4v) is 4.28. The molecule has 2 aromatic rings. The molecule has 1 fully saturated rings. The van der Waals surface area contributed by atoms with Gasteiger partial charge in [0.05, 0.1) is 18.1 Å². The van der Waals surface area contributed by atoms with Gasteiger partial charge in [0.25, 0.3) is 0 Å². The second-order valence-corrected chi connectivity index (χ2v) is 8.31. The first-order chi connectivity index (χ1) is 14.0. The number of hydrogen-bond donors (Lipinski definition) is 2. The van der Waals surface area contributed by atoms with Gasteiger partial charge in [-0.25, -0.2) is 0 Å². The molecular weight excluding hydrogens is 362 g/mol. The molecular formula is C25H33NO3. The average Bonchev–Trinajstić information content (AvgIpc) is 2.73. The minimum atomic E-state index is -0.504. The monoisotopic (exact) mass is 395 g/mol. The lowest BCUT2D eigenvalue weighted by atomic mass is 9.73. The molecule has 4 nitrogen and oxygen atoms in total. The van der Waals surface area contributed by atoms with Gasteiger partial charge in [-0.2, -0.15) is 0 Å². The second kappa shape index (κ2) is 9.55. The van der Waals surface area contributed by atoms with Gasteiger partial charge in [-0.15, -0.1) is 0 Å². The largest absolute Gasteiger partial charge is 0.394 e. The van der Waals surface area contributed by atoms with Crippen LogP contribution >= 0.6 is 0 Å². The van der Waals surface area contributed by atoms with E-state index in [9.17, 15) is 9.90 Å². The molecule has 1 amide bonds. The zero-order chi connectivity index (χ0) is 20.9. The lowest BCUT2D eigenvalue weighted by Crippen LogP contribution is -2.50. The Hall–Kier alpha value is -2.17. The number of carbonyl (C=O) groups excluding carboxylic acids is 1. The minimum absolute atomic E-state index is 0.0338. The van der Waals surface area contributed by atoms with Crippen molar-refractivity contribution in [2.75, 3.05) is 19.8 Å². The molecule has 1 atom stereocenters. The van der Waals surface area contributed by atoms with E-state index in [1.54, 1.807) is 0 Å². The standard InChI is InChI=1S/C25H33NO3/c1-4-21(17-27)26-24(28)25(11-13-29-14-12-25)16-20-7-5-6-8-23(20)22-10-9-18(2)15-19(22)3/h5-10,15,21,27H,4,11-14,16-17H2,1-3H3,(H,26,28). The summed E-state index contributed by atoms with van der Waals surface area (Å²) in [6.07, 6.45) is 2.78. The molecule has 0 aliphatic carbocycles. The third-order valence-electron chi connectivity index (χ3n) is 6.20. The van der Waals surface area contributed by atoms with E-state index in [-0.39, 0.29) is 18.6 Å². The van der Waals surface area contributed by atoms with E-state index in [4.69, 9.17) is 4.74 Å². The summed E-state index contributed by atoms with van der Waals surface area (Å²) in [5, 5.41) is 12.6. The molecule has 3 rings (SSSR count). The highest BCUT2D eigenvalue weighted by Gasteiger charge is 2.41. The van der Waals surface area contributed by atoms with Crippen LogP contribution in [0.4, 0.5) is 0 Å². The van der Waals surface area contributed by atoms with Crippen LogP contribution < -0.4 is 5.32 Å². The molecule has 1 heterocycles. The van der Waals surface area contributed by atoms with Crippen molar-refractivity contribution in [2.45, 2.75) is 52.5 Å². The first-order valence-electron chi connectivity index (χ1n) is 10.6. The molecule has 2 aromatic carbocycles. The Bertz CT molecular complexity index is 836. The number of aliphatic hydroxyl groups is 1. The molecule has 4 heteroatoms. The second-order valence-electron chi connectivity index (χ2n) is 8.31. The van der Waals surface area contributed by atoms with E-state index in [0.717, 1.165) is 0 Å². The molecule has 1 aliphatic heterocycles. The van der Waals surface area contributed by atoms with Crippen molar-refractivity contribution in [3.05, 3.63) is 59.2 Å². The topological polar surface area (TPSA) is 58.6 Å². The Labute approximate surface area is 174 Å². The number of aryl methyl sites for hydroxylation is 2. The zero-order valence-electron chi connectivity index (χ0n) is 17.8. The van der Waals surface area contributed by atoms with Gasteiger partial charge >= 0.3 is 0 Å². The summed E-state index contributed by atoms with van der Waals surface area (Å²) < 4.78 is 5.59. The van der Waals surface area contributed by atoms with Crippen LogP contribution in [0.1, 0.15) is 42.9 Å². The third kappa shape index (κ3) is 4.88. The molecule has 0 aromatic heterocycles. The third-order valence-corrected chi connectivity index (χ3v) is 6.20. The molecule has 1 unspecified atom stereocenters. The molecule has 0 saturated carbocycles. The van der Waals surface area contributed by atoms with Gasteiger partial charge in [0.2, 0.25) is 5.91 Å². The average molecular weight is 396 g/mol. The Kier molecular flexibility index (Phi) is 7.09. The summed E-state index contributed by atoms with van der Waals surface area (Å²) in [6, 6.07) is 14.7. The number of ether oxygens (including phenoxy) is 1. The van der Waals surface area contributed by atoms with Gasteiger partial charge in [-0.1, -0.05) is 55.0 Å². The Morgan fingerprint density at radius 1 is 1.14 bits per heavy atom. The number of benzene rings is 2. The highest BCUT2D eigenvalue weighted by Crippen LogP contribution is 2.38. The number of aliphatic hydroxyl groups excluding tert-OH is 1. The predicted molar refractivity (Wildman–Crippen MR) is 117 cm³/mol. The van der Waals surface area contributed by atoms with E-state index in [2.05, 4.69) is 61.6 Å². The maximum absolute atomic E-state index is 13.3. The van der Waals surface area contributed by atoms with Crippen molar-refractivity contribution in [1.29, 1.82) is 0 Å². The van der Waals surface area contributed by atoms with Crippen LogP contribution in [0.15, 0.2) is 42.5 Å². The highest BCUT2D eigenvalue weighted by atomic mass is 16.5. The Balaban J connectivity index is 1.96. The fourth-order valence-electron chi connectivity index (χ4n) is 4.28. The normalized spacial score (nSPS) is 17.0. The first-order valence-corrected chi connectivity index (χ1v) is 10.6. The van der Waals surface area contributed by atoms with Crippen LogP contribution in [-0.4, -0.2) is 36.9 Å². The predicted octanol–water partition coefficient (Wildman–Crippen LogP) is 4.20. The van der Waals surface area contributed by atoms with Crippen LogP contribution in [0, 0.1) is 19.3 Å². The van der Waals surface area contributed by atoms with Crippen molar-refractivity contribution >= 4 is 5.91 Å². The van der Waals surface area contributed by atoms with Crippen LogP contribution in [0.2, 0.25) is 0 Å². The summed E-state index contributed by atoms with van der Waals surface area (Å²) in [7, 11) is 0. The van der Waals surface area contributed by atoms with Gasteiger partial charge in [-0.05, 0) is 61.8 Å². The number of nitrogens with one attached hydrogen (secondary N) is 1. The number of amides is 1. The molecule has 156 valence electrons. The summed E-state index contributed by atoms with van der Waals surface area (Å²) in [5.74, 6) is 0.0390. The van der Waals surface area contributed by atoms with Crippen molar-refractivity contribution in [3.8, 4) is 11.1 Å². The van der Waals surface area contributed by atoms with Gasteiger partial charge in [-0.3, -0.25) is 4.79 Å². The van der Waals surface area contributed by atoms with Crippen LogP contribution in [0.3, 0.4) is 0 Å². The van der Waals surface area contributed by atoms with Crippen molar-refractivity contribution < 1.29 is 14.6 Å².